The summed E-state index contributed by atoms with van der Waals surface area (Å²) >= 11 is 7.61. The quantitative estimate of drug-likeness (QED) is 0.847. The van der Waals surface area contributed by atoms with Crippen molar-refractivity contribution in [2.45, 2.75) is 30.6 Å². The minimum Gasteiger partial charge on any atom is -0.370 e. The maximum absolute atomic E-state index is 12.0. The van der Waals surface area contributed by atoms with E-state index in [9.17, 15) is 8.42 Å². The maximum Gasteiger partial charge on any atom is 0.161 e. The second-order valence-electron chi connectivity index (χ2n) is 6.66. The van der Waals surface area contributed by atoms with E-state index in [1.54, 1.807) is 0 Å². The molecule has 0 aromatic heterocycles. The van der Waals surface area contributed by atoms with E-state index in [0.717, 1.165) is 37.3 Å². The third-order valence-electron chi connectivity index (χ3n) is 4.98. The molecule has 4 rings (SSSR count). The van der Waals surface area contributed by atoms with Crippen LogP contribution >= 0.6 is 23.4 Å². The van der Waals surface area contributed by atoms with Crippen LogP contribution in [0.1, 0.15) is 19.3 Å². The molecule has 5 nitrogen and oxygen atoms in total. The first kappa shape index (κ1) is 16.5. The molecule has 0 amide bonds. The highest BCUT2D eigenvalue weighted by atomic mass is 35.5. The Kier molecular flexibility index (Phi) is 4.21. The third-order valence-corrected chi connectivity index (χ3v) is 8.35. The number of halogens is 1. The topological polar surface area (TPSA) is 64.5 Å². The summed E-state index contributed by atoms with van der Waals surface area (Å²) in [4.78, 5) is 4.24. The average Bonchev–Trinajstić information content (AvgIpc) is 2.97. The zero-order valence-electron chi connectivity index (χ0n) is 13.2. The predicted molar refractivity (Wildman–Crippen MR) is 102 cm³/mol. The lowest BCUT2D eigenvalue weighted by molar-refractivity contribution is 0.577. The van der Waals surface area contributed by atoms with E-state index < -0.39 is 9.84 Å². The Morgan fingerprint density at radius 1 is 1.12 bits per heavy atom. The molecule has 1 aromatic carbocycles. The van der Waals surface area contributed by atoms with Gasteiger partial charge in [0.15, 0.2) is 15.0 Å². The highest BCUT2D eigenvalue weighted by Crippen LogP contribution is 2.44. The third kappa shape index (κ3) is 2.91. The van der Waals surface area contributed by atoms with E-state index in [-0.39, 0.29) is 22.8 Å². The molecule has 3 fully saturated rings. The second kappa shape index (κ2) is 6.11. The molecule has 24 heavy (non-hydrogen) atoms. The first-order chi connectivity index (χ1) is 11.4. The fourth-order valence-corrected chi connectivity index (χ4v) is 7.83. The normalized spacial score (nSPS) is 29.1. The van der Waals surface area contributed by atoms with Crippen LogP contribution in [-0.2, 0) is 9.84 Å². The van der Waals surface area contributed by atoms with Gasteiger partial charge in [0.25, 0.3) is 0 Å². The van der Waals surface area contributed by atoms with Gasteiger partial charge >= 0.3 is 0 Å². The number of thioether (sulfide) groups is 1. The predicted octanol–water partition coefficient (Wildman–Crippen LogP) is 2.98. The number of hydrogen-bond acceptors (Lipinski definition) is 5. The summed E-state index contributed by atoms with van der Waals surface area (Å²) in [6.07, 6.45) is 3.57. The van der Waals surface area contributed by atoms with Gasteiger partial charge in [-0.05, 0) is 37.5 Å². The Morgan fingerprint density at radius 2 is 1.88 bits per heavy atom. The summed E-state index contributed by atoms with van der Waals surface area (Å²) < 4.78 is 24.1. The van der Waals surface area contributed by atoms with Crippen molar-refractivity contribution in [1.29, 1.82) is 5.41 Å². The van der Waals surface area contributed by atoms with E-state index in [2.05, 4.69) is 4.90 Å². The largest absolute Gasteiger partial charge is 0.370 e. The van der Waals surface area contributed by atoms with Crippen molar-refractivity contribution < 1.29 is 8.42 Å². The van der Waals surface area contributed by atoms with Gasteiger partial charge in [-0.2, -0.15) is 0 Å². The molecule has 2 atom stereocenters. The Hall–Kier alpha value is -0.920. The number of benzene rings is 1. The van der Waals surface area contributed by atoms with Crippen molar-refractivity contribution in [3.8, 4) is 0 Å². The lowest BCUT2D eigenvalue weighted by atomic mass is 10.1. The standard InChI is InChI=1S/C16H20ClN3O2S2/c17-11-4-5-12(19-6-2-1-3-7-19)13(8-11)20-14-9-24(21,22)10-15(14)23-16(20)18/h4-5,8,14-15,18H,1-3,6-7,9-10H2/t14-,15-/m1/s1. The van der Waals surface area contributed by atoms with Gasteiger partial charge in [0.05, 0.1) is 28.9 Å². The van der Waals surface area contributed by atoms with Crippen LogP contribution in [0.2, 0.25) is 5.02 Å². The van der Waals surface area contributed by atoms with Crippen LogP contribution in [0.5, 0.6) is 0 Å². The van der Waals surface area contributed by atoms with E-state index in [4.69, 9.17) is 17.0 Å². The minimum atomic E-state index is -3.02. The number of sulfone groups is 1. The van der Waals surface area contributed by atoms with Gasteiger partial charge in [0.1, 0.15) is 0 Å². The van der Waals surface area contributed by atoms with Crippen LogP contribution in [0.4, 0.5) is 11.4 Å². The number of amidine groups is 1. The van der Waals surface area contributed by atoms with Crippen molar-refractivity contribution in [3.63, 3.8) is 0 Å². The monoisotopic (exact) mass is 385 g/mol. The van der Waals surface area contributed by atoms with Gasteiger partial charge in [-0.1, -0.05) is 23.4 Å². The van der Waals surface area contributed by atoms with Gasteiger partial charge < -0.3 is 9.80 Å². The van der Waals surface area contributed by atoms with Gasteiger partial charge in [0, 0.05) is 23.4 Å². The minimum absolute atomic E-state index is 0.0457. The molecule has 0 radical (unpaired) electrons. The molecule has 0 bridgehead atoms. The molecule has 0 saturated carbocycles. The highest BCUT2D eigenvalue weighted by molar-refractivity contribution is 8.15. The van der Waals surface area contributed by atoms with E-state index >= 15 is 0 Å². The number of piperidine rings is 1. The van der Waals surface area contributed by atoms with Crippen molar-refractivity contribution in [3.05, 3.63) is 23.2 Å². The molecule has 3 aliphatic heterocycles. The number of fused-ring (bicyclic) bond motifs is 1. The molecular weight excluding hydrogens is 366 g/mol. The Bertz CT molecular complexity index is 778. The van der Waals surface area contributed by atoms with E-state index in [0.29, 0.717) is 10.2 Å². The molecule has 130 valence electrons. The van der Waals surface area contributed by atoms with Crippen LogP contribution in [0.3, 0.4) is 0 Å². The number of rotatable bonds is 2. The first-order valence-corrected chi connectivity index (χ1v) is 11.3. The number of hydrogen-bond donors (Lipinski definition) is 1. The zero-order chi connectivity index (χ0) is 16.9. The smallest absolute Gasteiger partial charge is 0.161 e. The Balaban J connectivity index is 1.75. The van der Waals surface area contributed by atoms with Crippen molar-refractivity contribution in [2.24, 2.45) is 0 Å². The SMILES string of the molecule is N=C1S[C@@H]2CS(=O)(=O)C[C@H]2N1c1cc(Cl)ccc1N1CCCCC1. The lowest BCUT2D eigenvalue weighted by Crippen LogP contribution is -2.39. The van der Waals surface area contributed by atoms with Crippen LogP contribution in [0, 0.1) is 5.41 Å². The fourth-order valence-electron chi connectivity index (χ4n) is 3.88. The number of anilines is 2. The molecule has 1 aromatic rings. The van der Waals surface area contributed by atoms with Gasteiger partial charge in [-0.25, -0.2) is 8.42 Å². The van der Waals surface area contributed by atoms with Gasteiger partial charge in [-0.15, -0.1) is 0 Å². The molecule has 0 aliphatic carbocycles. The molecule has 3 heterocycles. The summed E-state index contributed by atoms with van der Waals surface area (Å²) in [7, 11) is -3.02. The van der Waals surface area contributed by atoms with E-state index in [1.165, 1.54) is 18.2 Å². The number of nitrogens with zero attached hydrogens (tertiary/aromatic N) is 2. The first-order valence-electron chi connectivity index (χ1n) is 8.24. The Labute approximate surface area is 151 Å². The fraction of sp³-hybridized carbons (Fsp3) is 0.562. The summed E-state index contributed by atoms with van der Waals surface area (Å²) in [5, 5.41) is 9.39. The molecule has 1 N–H and O–H groups in total. The average molecular weight is 386 g/mol. The van der Waals surface area contributed by atoms with Crippen molar-refractivity contribution in [1.82, 2.24) is 0 Å². The van der Waals surface area contributed by atoms with Crippen LogP contribution in [-0.4, -0.2) is 49.5 Å². The molecule has 3 saturated heterocycles. The summed E-state index contributed by atoms with van der Waals surface area (Å²) in [5.74, 6) is 0.291. The van der Waals surface area contributed by atoms with Gasteiger partial charge in [0.2, 0.25) is 0 Å². The summed E-state index contributed by atoms with van der Waals surface area (Å²) in [5.41, 5.74) is 1.95. The van der Waals surface area contributed by atoms with Crippen molar-refractivity contribution in [2.75, 3.05) is 34.4 Å². The zero-order valence-corrected chi connectivity index (χ0v) is 15.6. The van der Waals surface area contributed by atoms with Crippen LogP contribution in [0.25, 0.3) is 0 Å². The van der Waals surface area contributed by atoms with E-state index in [1.807, 2.05) is 23.1 Å². The molecule has 0 unspecified atom stereocenters. The highest BCUT2D eigenvalue weighted by Gasteiger charge is 2.49. The van der Waals surface area contributed by atoms with Crippen molar-refractivity contribution >= 4 is 49.7 Å². The van der Waals surface area contributed by atoms with Crippen LogP contribution in [0.15, 0.2) is 18.2 Å². The Morgan fingerprint density at radius 3 is 2.62 bits per heavy atom. The second-order valence-corrected chi connectivity index (χ2v) is 10.5. The van der Waals surface area contributed by atoms with Crippen LogP contribution < -0.4 is 9.80 Å². The molecule has 3 aliphatic rings. The summed E-state index contributed by atoms with van der Waals surface area (Å²) in [6.45, 7) is 1.99. The number of nitrogens with one attached hydrogen (secondary N) is 1. The lowest BCUT2D eigenvalue weighted by Gasteiger charge is -2.34. The van der Waals surface area contributed by atoms with Gasteiger partial charge in [-0.3, -0.25) is 5.41 Å². The molecule has 8 heteroatoms. The maximum atomic E-state index is 12.0. The summed E-state index contributed by atoms with van der Waals surface area (Å²) in [6, 6.07) is 5.62. The molecule has 0 spiro atoms. The molecular formula is C16H20ClN3O2S2.